The Morgan fingerprint density at radius 3 is 2.24 bits per heavy atom. The zero-order chi connectivity index (χ0) is 39.0. The molecule has 3 aromatic carbocycles. The van der Waals surface area contributed by atoms with Crippen LogP contribution in [0, 0.1) is 0 Å². The van der Waals surface area contributed by atoms with Gasteiger partial charge < -0.3 is 39.6 Å². The molecule has 0 aliphatic carbocycles. The van der Waals surface area contributed by atoms with E-state index in [4.69, 9.17) is 14.2 Å². The number of ether oxygens (including phenoxy) is 3. The predicted molar refractivity (Wildman–Crippen MR) is 203 cm³/mol. The fourth-order valence-corrected chi connectivity index (χ4v) is 6.33. The number of anilines is 1. The average molecular weight is 740 g/mol. The first kappa shape index (κ1) is 39.5. The van der Waals surface area contributed by atoms with Crippen molar-refractivity contribution in [1.82, 2.24) is 20.1 Å². The van der Waals surface area contributed by atoms with E-state index in [9.17, 15) is 24.0 Å². The van der Waals surface area contributed by atoms with Crippen LogP contribution in [0.15, 0.2) is 91.1 Å². The Morgan fingerprint density at radius 2 is 1.57 bits per heavy atom. The van der Waals surface area contributed by atoms with Crippen molar-refractivity contribution in [1.29, 1.82) is 0 Å². The van der Waals surface area contributed by atoms with Gasteiger partial charge in [-0.15, -0.1) is 0 Å². The van der Waals surface area contributed by atoms with Crippen molar-refractivity contribution < 1.29 is 38.2 Å². The van der Waals surface area contributed by atoms with Crippen LogP contribution in [0.3, 0.4) is 0 Å². The second kappa shape index (κ2) is 17.0. The van der Waals surface area contributed by atoms with Crippen molar-refractivity contribution in [3.05, 3.63) is 102 Å². The zero-order valence-electron chi connectivity index (χ0n) is 31.6. The Balaban J connectivity index is 1.37. The number of carbonyl (C=O) groups excluding carboxylic acids is 5. The quantitative estimate of drug-likeness (QED) is 0.155. The third-order valence-electron chi connectivity index (χ3n) is 9.02. The molecule has 13 heteroatoms. The van der Waals surface area contributed by atoms with Crippen LogP contribution < -0.4 is 16.0 Å². The molecule has 0 bridgehead atoms. The Kier molecular flexibility index (Phi) is 12.4. The third kappa shape index (κ3) is 9.84. The molecule has 3 N–H and O–H groups in total. The number of esters is 1. The summed E-state index contributed by atoms with van der Waals surface area (Å²) >= 11 is 0. The fourth-order valence-electron chi connectivity index (χ4n) is 6.33. The molecule has 3 unspecified atom stereocenters. The van der Waals surface area contributed by atoms with Gasteiger partial charge in [0, 0.05) is 29.3 Å². The number of methoxy groups -OCH3 is 1. The van der Waals surface area contributed by atoms with E-state index in [1.54, 1.807) is 37.8 Å². The Morgan fingerprint density at radius 1 is 0.889 bits per heavy atom. The second-order valence-corrected chi connectivity index (χ2v) is 14.8. The van der Waals surface area contributed by atoms with Crippen molar-refractivity contribution in [3.63, 3.8) is 0 Å². The van der Waals surface area contributed by atoms with Crippen LogP contribution in [0.4, 0.5) is 10.5 Å². The number of carbonyl (C=O) groups is 5. The van der Waals surface area contributed by atoms with Gasteiger partial charge in [0.2, 0.25) is 11.8 Å². The molecule has 5 rings (SSSR count). The van der Waals surface area contributed by atoms with Crippen molar-refractivity contribution >= 4 is 46.4 Å². The van der Waals surface area contributed by atoms with Crippen LogP contribution in [-0.4, -0.2) is 82.7 Å². The second-order valence-electron chi connectivity index (χ2n) is 14.8. The zero-order valence-corrected chi connectivity index (χ0v) is 31.6. The largest absolute Gasteiger partial charge is 0.467 e. The van der Waals surface area contributed by atoms with Crippen LogP contribution in [0.25, 0.3) is 10.9 Å². The summed E-state index contributed by atoms with van der Waals surface area (Å²) in [5.74, 6) is -1.81. The SMILES string of the molecule is COC(=O)C1CCCN1C(=O)C(c1ccccc1)n1ccc2cc(NC(=O)C(COCc3ccccc3)NC(=O)C(C)(C)NC(=O)OC(C)(C)C)ccc21. The molecular weight excluding hydrogens is 690 g/mol. The number of hydrogen-bond acceptors (Lipinski definition) is 8. The van der Waals surface area contributed by atoms with Crippen molar-refractivity contribution in [2.24, 2.45) is 0 Å². The molecule has 0 radical (unpaired) electrons. The van der Waals surface area contributed by atoms with E-state index in [-0.39, 0.29) is 19.1 Å². The summed E-state index contributed by atoms with van der Waals surface area (Å²) < 4.78 is 18.1. The van der Waals surface area contributed by atoms with Gasteiger partial charge in [0.1, 0.15) is 29.3 Å². The van der Waals surface area contributed by atoms with Crippen LogP contribution in [0.5, 0.6) is 0 Å². The number of rotatable bonds is 13. The molecule has 1 aliphatic rings. The molecule has 1 fully saturated rings. The summed E-state index contributed by atoms with van der Waals surface area (Å²) in [4.78, 5) is 68.2. The summed E-state index contributed by atoms with van der Waals surface area (Å²) in [6, 6.07) is 23.4. The lowest BCUT2D eigenvalue weighted by Gasteiger charge is -2.29. The van der Waals surface area contributed by atoms with E-state index < -0.39 is 53.1 Å². The van der Waals surface area contributed by atoms with Crippen molar-refractivity contribution in [2.75, 3.05) is 25.6 Å². The van der Waals surface area contributed by atoms with Crippen LogP contribution in [-0.2, 0) is 40.0 Å². The van der Waals surface area contributed by atoms with Crippen LogP contribution >= 0.6 is 0 Å². The number of benzene rings is 3. The van der Waals surface area contributed by atoms with E-state index in [2.05, 4.69) is 16.0 Å². The lowest BCUT2D eigenvalue weighted by atomic mass is 10.0. The highest BCUT2D eigenvalue weighted by Crippen LogP contribution is 2.31. The highest BCUT2D eigenvalue weighted by atomic mass is 16.6. The first-order valence-electron chi connectivity index (χ1n) is 18.0. The molecule has 54 heavy (non-hydrogen) atoms. The molecule has 2 heterocycles. The molecule has 13 nitrogen and oxygen atoms in total. The number of likely N-dealkylation sites (tertiary alicyclic amines) is 1. The molecule has 1 aromatic heterocycles. The maximum absolute atomic E-state index is 14.2. The lowest BCUT2D eigenvalue weighted by molar-refractivity contribution is -0.151. The number of nitrogens with one attached hydrogen (secondary N) is 3. The number of fused-ring (bicyclic) bond motifs is 1. The Hall–Kier alpha value is -5.69. The van der Waals surface area contributed by atoms with Gasteiger partial charge in [0.05, 0.1) is 20.3 Å². The number of aromatic nitrogens is 1. The molecule has 0 saturated carbocycles. The topological polar surface area (TPSA) is 157 Å². The van der Waals surface area contributed by atoms with Gasteiger partial charge >= 0.3 is 12.1 Å². The number of amides is 4. The minimum Gasteiger partial charge on any atom is -0.467 e. The molecule has 4 aromatic rings. The number of nitrogens with zero attached hydrogens (tertiary/aromatic N) is 2. The molecule has 286 valence electrons. The molecule has 1 aliphatic heterocycles. The molecule has 4 amide bonds. The van der Waals surface area contributed by atoms with Gasteiger partial charge in [-0.1, -0.05) is 60.7 Å². The maximum atomic E-state index is 14.2. The van der Waals surface area contributed by atoms with Crippen LogP contribution in [0.1, 0.15) is 64.6 Å². The van der Waals surface area contributed by atoms with E-state index in [0.29, 0.717) is 25.1 Å². The number of alkyl carbamates (subject to hydrolysis) is 1. The molecule has 0 spiro atoms. The monoisotopic (exact) mass is 739 g/mol. The summed E-state index contributed by atoms with van der Waals surface area (Å²) in [5.41, 5.74) is 0.627. The standard InChI is InChI=1S/C41H49N5O8/c1-40(2,3)54-39(51)44-41(4,5)38(50)43-31(26-53-25-27-14-9-7-10-15-27)35(47)42-30-19-20-32-29(24-30)21-23-45(32)34(28-16-11-8-12-17-28)36(48)46-22-13-18-33(46)37(49)52-6/h7-12,14-17,19-21,23-24,31,33-34H,13,18,22,25-26H2,1-6H3,(H,42,47)(H,43,50)(H,44,51). The summed E-state index contributed by atoms with van der Waals surface area (Å²) in [6.07, 6.45) is 2.27. The maximum Gasteiger partial charge on any atom is 0.408 e. The van der Waals surface area contributed by atoms with Gasteiger partial charge in [0.25, 0.3) is 5.91 Å². The molecular formula is C41H49N5O8. The summed E-state index contributed by atoms with van der Waals surface area (Å²) in [5, 5.41) is 8.94. The van der Waals surface area contributed by atoms with E-state index in [1.165, 1.54) is 21.0 Å². The normalized spacial score (nSPS) is 15.6. The van der Waals surface area contributed by atoms with Gasteiger partial charge in [-0.3, -0.25) is 14.4 Å². The van der Waals surface area contributed by atoms with Crippen molar-refractivity contribution in [3.8, 4) is 0 Å². The Bertz CT molecular complexity index is 1950. The van der Waals surface area contributed by atoms with Crippen LogP contribution in [0.2, 0.25) is 0 Å². The van der Waals surface area contributed by atoms with Gasteiger partial charge in [-0.25, -0.2) is 9.59 Å². The number of hydrogen-bond donors (Lipinski definition) is 3. The minimum absolute atomic E-state index is 0.155. The fraction of sp³-hybridized carbons (Fsp3) is 0.390. The third-order valence-corrected chi connectivity index (χ3v) is 9.02. The predicted octanol–water partition coefficient (Wildman–Crippen LogP) is 5.34. The first-order valence-corrected chi connectivity index (χ1v) is 18.0. The molecule has 3 atom stereocenters. The first-order chi connectivity index (χ1) is 25.7. The smallest absolute Gasteiger partial charge is 0.408 e. The summed E-state index contributed by atoms with van der Waals surface area (Å²) in [6.45, 7) is 8.67. The highest BCUT2D eigenvalue weighted by molar-refractivity contribution is 6.00. The Labute approximate surface area is 315 Å². The summed E-state index contributed by atoms with van der Waals surface area (Å²) in [7, 11) is 1.33. The van der Waals surface area contributed by atoms with Gasteiger partial charge in [-0.2, -0.15) is 0 Å². The minimum atomic E-state index is -1.43. The lowest BCUT2D eigenvalue weighted by Crippen LogP contribution is -2.59. The van der Waals surface area contributed by atoms with Crippen molar-refractivity contribution in [2.45, 2.75) is 83.3 Å². The van der Waals surface area contributed by atoms with E-state index in [0.717, 1.165) is 22.0 Å². The molecule has 1 saturated heterocycles. The van der Waals surface area contributed by atoms with Gasteiger partial charge in [0.15, 0.2) is 0 Å². The van der Waals surface area contributed by atoms with Gasteiger partial charge in [-0.05, 0) is 82.9 Å². The van der Waals surface area contributed by atoms with E-state index >= 15 is 0 Å². The average Bonchev–Trinajstić information content (AvgIpc) is 3.78. The van der Waals surface area contributed by atoms with E-state index in [1.807, 2.05) is 83.6 Å². The highest BCUT2D eigenvalue weighted by Gasteiger charge is 2.39.